The Morgan fingerprint density at radius 2 is 1.86 bits per heavy atom. The molecule has 1 aliphatic carbocycles. The molecule has 2 rings (SSSR count). The fourth-order valence-corrected chi connectivity index (χ4v) is 6.54. The van der Waals surface area contributed by atoms with Gasteiger partial charge in [0.2, 0.25) is 10.0 Å². The molecule has 0 aliphatic heterocycles. The van der Waals surface area contributed by atoms with E-state index >= 15 is 0 Å². The third-order valence-corrected chi connectivity index (χ3v) is 7.08. The van der Waals surface area contributed by atoms with Crippen molar-refractivity contribution in [3.63, 3.8) is 0 Å². The minimum absolute atomic E-state index is 0.0653. The molecule has 1 fully saturated rings. The highest BCUT2D eigenvalue weighted by Gasteiger charge is 2.30. The Morgan fingerprint density at radius 1 is 1.24 bits per heavy atom. The summed E-state index contributed by atoms with van der Waals surface area (Å²) in [6.45, 7) is 6.88. The molecule has 2 unspecified atom stereocenters. The van der Waals surface area contributed by atoms with Gasteiger partial charge in [0.15, 0.2) is 0 Å². The van der Waals surface area contributed by atoms with Gasteiger partial charge in [0.25, 0.3) is 0 Å². The van der Waals surface area contributed by atoms with E-state index in [2.05, 4.69) is 23.9 Å². The highest BCUT2D eigenvalue weighted by atomic mass is 32.2. The maximum Gasteiger partial charge on any atom is 0.242 e. The summed E-state index contributed by atoms with van der Waals surface area (Å²) in [7, 11) is -1.59. The van der Waals surface area contributed by atoms with Gasteiger partial charge in [0, 0.05) is 17.5 Å². The summed E-state index contributed by atoms with van der Waals surface area (Å²) in [6.07, 6.45) is 3.07. The first kappa shape index (κ1) is 16.9. The number of hydrogen-bond acceptors (Lipinski definition) is 4. The summed E-state index contributed by atoms with van der Waals surface area (Å²) in [6, 6.07) is 0.0653. The van der Waals surface area contributed by atoms with Gasteiger partial charge in [-0.2, -0.15) is 0 Å². The van der Waals surface area contributed by atoms with Crippen LogP contribution in [0.3, 0.4) is 0 Å². The summed E-state index contributed by atoms with van der Waals surface area (Å²) in [5.74, 6) is 1.17. The lowest BCUT2D eigenvalue weighted by Crippen LogP contribution is -2.40. The van der Waals surface area contributed by atoms with Gasteiger partial charge >= 0.3 is 0 Å². The van der Waals surface area contributed by atoms with Crippen LogP contribution in [0.5, 0.6) is 0 Å². The molecule has 1 aliphatic rings. The van der Waals surface area contributed by atoms with E-state index in [9.17, 15) is 8.42 Å². The number of rotatable bonds is 5. The lowest BCUT2D eigenvalue weighted by Gasteiger charge is -2.31. The van der Waals surface area contributed by atoms with E-state index in [0.717, 1.165) is 23.3 Å². The van der Waals surface area contributed by atoms with Crippen molar-refractivity contribution < 1.29 is 8.42 Å². The zero-order valence-corrected chi connectivity index (χ0v) is 14.9. The molecule has 2 atom stereocenters. The predicted molar refractivity (Wildman–Crippen MR) is 88.1 cm³/mol. The fraction of sp³-hybridized carbons (Fsp3) is 0.733. The number of aryl methyl sites for hydroxylation is 1. The Kier molecular flexibility index (Phi) is 5.46. The molecule has 6 heteroatoms. The Bertz CT molecular complexity index is 570. The van der Waals surface area contributed by atoms with Crippen LogP contribution in [0.1, 0.15) is 43.6 Å². The van der Waals surface area contributed by atoms with Crippen LogP contribution in [0.25, 0.3) is 0 Å². The van der Waals surface area contributed by atoms with Gasteiger partial charge in [-0.25, -0.2) is 13.1 Å². The van der Waals surface area contributed by atoms with Crippen LogP contribution < -0.4 is 10.0 Å². The van der Waals surface area contributed by atoms with E-state index in [1.54, 1.807) is 0 Å². The highest BCUT2D eigenvalue weighted by molar-refractivity contribution is 7.89. The zero-order chi connectivity index (χ0) is 15.6. The van der Waals surface area contributed by atoms with Crippen molar-refractivity contribution in [3.05, 3.63) is 15.8 Å². The zero-order valence-electron chi connectivity index (χ0n) is 13.3. The minimum Gasteiger partial charge on any atom is -0.315 e. The van der Waals surface area contributed by atoms with Crippen molar-refractivity contribution in [2.24, 2.45) is 11.8 Å². The van der Waals surface area contributed by atoms with Gasteiger partial charge in [0.05, 0.1) is 0 Å². The summed E-state index contributed by atoms with van der Waals surface area (Å²) >= 11 is 1.51. The Balaban J connectivity index is 2.20. The van der Waals surface area contributed by atoms with E-state index in [0.29, 0.717) is 23.3 Å². The van der Waals surface area contributed by atoms with Crippen molar-refractivity contribution in [1.82, 2.24) is 10.0 Å². The van der Waals surface area contributed by atoms with Crippen LogP contribution >= 0.6 is 11.3 Å². The molecule has 0 radical (unpaired) electrons. The van der Waals surface area contributed by atoms with E-state index in [-0.39, 0.29) is 6.04 Å². The quantitative estimate of drug-likeness (QED) is 0.873. The van der Waals surface area contributed by atoms with Crippen molar-refractivity contribution in [1.29, 1.82) is 0 Å². The standard InChI is InChI=1S/C15H26N2O2S2/c1-10-5-11(2)7-13(6-10)17-21(18,19)15-12(3)9-20-14(15)8-16-4/h9-11,13,16-17H,5-8H2,1-4H3. The first-order chi connectivity index (χ1) is 9.83. The SMILES string of the molecule is CNCc1scc(C)c1S(=O)(=O)NC1CC(C)CC(C)C1. The first-order valence-electron chi connectivity index (χ1n) is 7.57. The van der Waals surface area contributed by atoms with Crippen molar-refractivity contribution in [2.45, 2.75) is 57.5 Å². The maximum absolute atomic E-state index is 12.8. The highest BCUT2D eigenvalue weighted by Crippen LogP contribution is 2.31. The lowest BCUT2D eigenvalue weighted by molar-refractivity contribution is 0.257. The Labute approximate surface area is 132 Å². The number of nitrogens with one attached hydrogen (secondary N) is 2. The summed E-state index contributed by atoms with van der Waals surface area (Å²) in [4.78, 5) is 1.37. The molecule has 1 aromatic heterocycles. The molecule has 0 spiro atoms. The number of thiophene rings is 1. The molecule has 120 valence electrons. The van der Waals surface area contributed by atoms with E-state index < -0.39 is 10.0 Å². The molecule has 1 heterocycles. The second-order valence-electron chi connectivity index (χ2n) is 6.44. The number of hydrogen-bond donors (Lipinski definition) is 2. The second kappa shape index (κ2) is 6.77. The third kappa shape index (κ3) is 4.06. The topological polar surface area (TPSA) is 58.2 Å². The largest absolute Gasteiger partial charge is 0.315 e. The van der Waals surface area contributed by atoms with Gasteiger partial charge in [-0.1, -0.05) is 13.8 Å². The average Bonchev–Trinajstić information content (AvgIpc) is 2.69. The molecular weight excluding hydrogens is 304 g/mol. The van der Waals surface area contributed by atoms with Crippen LogP contribution in [0.4, 0.5) is 0 Å². The van der Waals surface area contributed by atoms with Crippen LogP contribution in [0, 0.1) is 18.8 Å². The summed E-state index contributed by atoms with van der Waals surface area (Å²) in [5, 5.41) is 4.97. The molecule has 0 bridgehead atoms. The maximum atomic E-state index is 12.8. The molecule has 0 aromatic carbocycles. The molecule has 1 aromatic rings. The molecule has 0 amide bonds. The van der Waals surface area contributed by atoms with Gasteiger partial charge < -0.3 is 5.32 Å². The molecule has 2 N–H and O–H groups in total. The second-order valence-corrected chi connectivity index (χ2v) is 9.05. The third-order valence-electron chi connectivity index (χ3n) is 4.10. The normalized spacial score (nSPS) is 27.0. The molecule has 21 heavy (non-hydrogen) atoms. The van der Waals surface area contributed by atoms with Crippen LogP contribution in [0.15, 0.2) is 10.3 Å². The van der Waals surface area contributed by atoms with E-state index in [1.807, 2.05) is 19.4 Å². The molecule has 0 saturated heterocycles. The van der Waals surface area contributed by atoms with Gasteiger partial charge in [-0.15, -0.1) is 11.3 Å². The minimum atomic E-state index is -3.43. The first-order valence-corrected chi connectivity index (χ1v) is 9.93. The summed E-state index contributed by atoms with van der Waals surface area (Å²) in [5.41, 5.74) is 0.842. The van der Waals surface area contributed by atoms with Gasteiger partial charge in [-0.05, 0) is 56.0 Å². The van der Waals surface area contributed by atoms with E-state index in [1.165, 1.54) is 17.8 Å². The lowest BCUT2D eigenvalue weighted by atomic mass is 9.81. The van der Waals surface area contributed by atoms with Crippen LogP contribution in [-0.4, -0.2) is 21.5 Å². The summed E-state index contributed by atoms with van der Waals surface area (Å²) < 4.78 is 28.5. The van der Waals surface area contributed by atoms with Crippen LogP contribution in [-0.2, 0) is 16.6 Å². The Morgan fingerprint density at radius 3 is 2.43 bits per heavy atom. The van der Waals surface area contributed by atoms with Gasteiger partial charge in [-0.3, -0.25) is 0 Å². The van der Waals surface area contributed by atoms with Crippen molar-refractivity contribution >= 4 is 21.4 Å². The molecular formula is C15H26N2O2S2. The molecule has 1 saturated carbocycles. The predicted octanol–water partition coefficient (Wildman–Crippen LogP) is 2.88. The molecule has 4 nitrogen and oxygen atoms in total. The van der Waals surface area contributed by atoms with E-state index in [4.69, 9.17) is 0 Å². The van der Waals surface area contributed by atoms with Crippen LogP contribution in [0.2, 0.25) is 0 Å². The fourth-order valence-electron chi connectivity index (χ4n) is 3.45. The van der Waals surface area contributed by atoms with Gasteiger partial charge in [0.1, 0.15) is 4.90 Å². The van der Waals surface area contributed by atoms with Crippen molar-refractivity contribution in [2.75, 3.05) is 7.05 Å². The monoisotopic (exact) mass is 330 g/mol. The smallest absolute Gasteiger partial charge is 0.242 e. The Hall–Kier alpha value is -0.430. The average molecular weight is 331 g/mol. The number of sulfonamides is 1. The van der Waals surface area contributed by atoms with Crippen molar-refractivity contribution in [3.8, 4) is 0 Å².